The summed E-state index contributed by atoms with van der Waals surface area (Å²) in [5.74, 6) is 2.93. The Labute approximate surface area is 421 Å². The van der Waals surface area contributed by atoms with Crippen molar-refractivity contribution in [1.29, 1.82) is 0 Å². The van der Waals surface area contributed by atoms with E-state index in [-0.39, 0.29) is 29.1 Å². The Kier molecular flexibility index (Phi) is 16.0. The summed E-state index contributed by atoms with van der Waals surface area (Å²) in [5.41, 5.74) is 0.166. The van der Waals surface area contributed by atoms with Gasteiger partial charge in [-0.05, 0) is 117 Å². The molecule has 5 aliphatic heterocycles. The molecule has 10 rings (SSSR count). The van der Waals surface area contributed by atoms with Crippen LogP contribution in [0.3, 0.4) is 0 Å². The Morgan fingerprint density at radius 1 is 0.569 bits per heavy atom. The van der Waals surface area contributed by atoms with Crippen molar-refractivity contribution in [2.75, 3.05) is 33.0 Å². The summed E-state index contributed by atoms with van der Waals surface area (Å²) < 4.78 is 49.9. The monoisotopic (exact) mass is 1030 g/mol. The third kappa shape index (κ3) is 9.27. The molecule has 5 saturated carbocycles. The van der Waals surface area contributed by atoms with Gasteiger partial charge in [0.25, 0.3) is 0 Å². The van der Waals surface area contributed by atoms with E-state index < -0.39 is 143 Å². The van der Waals surface area contributed by atoms with E-state index in [0.717, 1.165) is 51.5 Å². The van der Waals surface area contributed by atoms with E-state index in [0.29, 0.717) is 47.5 Å². The molecular formula is C51H85NO20. The first kappa shape index (κ1) is 54.5. The van der Waals surface area contributed by atoms with Gasteiger partial charge in [-0.1, -0.05) is 27.7 Å². The third-order valence-corrected chi connectivity index (χ3v) is 20.7. The highest BCUT2D eigenvalue weighted by Crippen LogP contribution is 2.71. The Hall–Kier alpha value is -0.840. The predicted molar refractivity (Wildman–Crippen MR) is 248 cm³/mol. The average Bonchev–Trinajstić information content (AvgIpc) is 3.82. The molecule has 0 bridgehead atoms. The summed E-state index contributed by atoms with van der Waals surface area (Å²) >= 11 is 0. The average molecular weight is 1030 g/mol. The minimum atomic E-state index is -1.86. The molecule has 0 amide bonds. The number of hydrogen-bond donors (Lipinski definition) is 13. The van der Waals surface area contributed by atoms with Crippen LogP contribution in [0.15, 0.2) is 0 Å². The van der Waals surface area contributed by atoms with Gasteiger partial charge in [0.1, 0.15) is 85.1 Å². The fraction of sp³-hybridized carbons (Fsp3) is 1.00. The number of aliphatic hydroxyl groups excluding tert-OH is 12. The molecule has 31 atom stereocenters. The Morgan fingerprint density at radius 3 is 1.99 bits per heavy atom. The molecule has 0 aromatic rings. The molecule has 414 valence electrons. The lowest BCUT2D eigenvalue weighted by Gasteiger charge is -2.61. The highest BCUT2D eigenvalue weighted by atomic mass is 16.8. The van der Waals surface area contributed by atoms with Gasteiger partial charge in [-0.25, -0.2) is 0 Å². The molecule has 0 radical (unpaired) electrons. The Morgan fingerprint density at radius 2 is 1.28 bits per heavy atom. The molecule has 0 aromatic heterocycles. The van der Waals surface area contributed by atoms with Crippen molar-refractivity contribution in [3.8, 4) is 0 Å². The van der Waals surface area contributed by atoms with E-state index in [4.69, 9.17) is 37.9 Å². The van der Waals surface area contributed by atoms with Crippen molar-refractivity contribution in [2.24, 2.45) is 58.2 Å². The predicted octanol–water partition coefficient (Wildman–Crippen LogP) is -2.03. The van der Waals surface area contributed by atoms with Crippen molar-refractivity contribution in [3.05, 3.63) is 0 Å². The Bertz CT molecular complexity index is 1830. The van der Waals surface area contributed by atoms with E-state index in [1.165, 1.54) is 19.3 Å². The van der Waals surface area contributed by atoms with E-state index in [2.05, 4.69) is 33.0 Å². The maximum absolute atomic E-state index is 11.8. The van der Waals surface area contributed by atoms with Gasteiger partial charge < -0.3 is 99.2 Å². The summed E-state index contributed by atoms with van der Waals surface area (Å²) in [4.78, 5) is 0. The number of nitrogens with one attached hydrogen (secondary N) is 1. The van der Waals surface area contributed by atoms with Gasteiger partial charge in [0.15, 0.2) is 18.9 Å². The van der Waals surface area contributed by atoms with Crippen molar-refractivity contribution in [1.82, 2.24) is 5.32 Å². The molecule has 13 N–H and O–H groups in total. The number of aliphatic hydroxyl groups is 12. The van der Waals surface area contributed by atoms with Crippen LogP contribution in [0.5, 0.6) is 0 Å². The standard InChI is InChI=1S/C51H85NO20/c1-21-7-12-51(52-16-21)22(2)34-30(72-51)15-28-26-6-5-24-14-25(8-10-49(24,3)27(26)9-11-50(28,34)4)66-47-42(64)40(62)43(33(19-55)69-47)70-48-45(67-31-13-23(17-53)35(57)39(61)37(31)59)44(38(60)32(18-54)68-48)71-46-41(63)36(58)29(56)20-65-46/h21-48,52-64H,5-20H2,1-4H3/t21-,22-,23+,24+,25-,26+,27-,28-,29+,30-,31+,32+,33+,34-,35+,36-,37-,38+,39-,40+,41+,42+,43-,44-,45+,46+,47+,48+,49-,50-,51+/m0/s1. The van der Waals surface area contributed by atoms with Crippen molar-refractivity contribution in [2.45, 2.75) is 227 Å². The molecule has 21 heteroatoms. The maximum atomic E-state index is 11.8. The second-order valence-corrected chi connectivity index (χ2v) is 24.5. The number of piperidine rings is 1. The SMILES string of the molecule is C[C@H]1CC[C@@]2(NC1)O[C@H]1C[C@H]3[C@@H]4CC[C@@H]5C[C@@H](O[C@@H]6O[C@H](CO)[C@H](O[C@H]7O[C@H](CO)[C@@H](O)[C@H](O[C@H]8OC[C@@H](O)[C@H](O)[C@H]8O)[C@H]7O[C@@H]7C[C@H](CO)[C@@H](O)[C@H](O)[C@H]7O)[C@H](O)[C@H]6O)CC[C@]5(C)[C@H]4CC[C@]3(C)[C@H]1[C@@H]2C. The molecule has 21 nitrogen and oxygen atoms in total. The van der Waals surface area contributed by atoms with Crippen LogP contribution >= 0.6 is 0 Å². The zero-order chi connectivity index (χ0) is 51.3. The number of fused-ring (bicyclic) bond motifs is 7. The summed E-state index contributed by atoms with van der Waals surface area (Å²) in [6.45, 7) is 8.17. The smallest absolute Gasteiger partial charge is 0.187 e. The molecule has 1 spiro atoms. The van der Waals surface area contributed by atoms with E-state index in [9.17, 15) is 61.3 Å². The van der Waals surface area contributed by atoms with Crippen LogP contribution in [0.25, 0.3) is 0 Å². The van der Waals surface area contributed by atoms with Crippen LogP contribution in [0.2, 0.25) is 0 Å². The molecule has 5 saturated heterocycles. The summed E-state index contributed by atoms with van der Waals surface area (Å²) in [5, 5.41) is 134. The van der Waals surface area contributed by atoms with Gasteiger partial charge in [0.2, 0.25) is 0 Å². The normalized spacial score (nSPS) is 57.8. The van der Waals surface area contributed by atoms with Crippen LogP contribution in [0, 0.1) is 58.2 Å². The van der Waals surface area contributed by atoms with Gasteiger partial charge in [-0.2, -0.15) is 0 Å². The topological polar surface area (TPSA) is 329 Å². The van der Waals surface area contributed by atoms with E-state index in [1.54, 1.807) is 0 Å². The van der Waals surface area contributed by atoms with Crippen LogP contribution in [0.1, 0.15) is 98.3 Å². The fourth-order valence-electron chi connectivity index (χ4n) is 16.5. The second-order valence-electron chi connectivity index (χ2n) is 24.5. The molecule has 72 heavy (non-hydrogen) atoms. The molecule has 5 aliphatic carbocycles. The van der Waals surface area contributed by atoms with Crippen molar-refractivity contribution >= 4 is 0 Å². The summed E-state index contributed by atoms with van der Waals surface area (Å²) in [7, 11) is 0. The number of hydrogen-bond acceptors (Lipinski definition) is 21. The fourth-order valence-corrected chi connectivity index (χ4v) is 16.5. The zero-order valence-corrected chi connectivity index (χ0v) is 42.1. The Balaban J connectivity index is 0.812. The number of ether oxygens (including phenoxy) is 8. The largest absolute Gasteiger partial charge is 0.396 e. The van der Waals surface area contributed by atoms with Gasteiger partial charge in [0.05, 0.1) is 44.2 Å². The third-order valence-electron chi connectivity index (χ3n) is 20.7. The first-order valence-corrected chi connectivity index (χ1v) is 27.2. The quantitative estimate of drug-likeness (QED) is 0.0993. The van der Waals surface area contributed by atoms with E-state index >= 15 is 0 Å². The molecule has 10 fully saturated rings. The first-order chi connectivity index (χ1) is 34.3. The number of rotatable bonds is 11. The molecule has 10 aliphatic rings. The molecular weight excluding hydrogens is 947 g/mol. The summed E-state index contributed by atoms with van der Waals surface area (Å²) in [6, 6.07) is 0. The van der Waals surface area contributed by atoms with Crippen LogP contribution in [0.4, 0.5) is 0 Å². The lowest BCUT2D eigenvalue weighted by molar-refractivity contribution is -0.388. The molecule has 5 heterocycles. The highest BCUT2D eigenvalue weighted by Gasteiger charge is 2.69. The highest BCUT2D eigenvalue weighted by molar-refractivity contribution is 5.16. The van der Waals surface area contributed by atoms with Gasteiger partial charge in [-0.15, -0.1) is 0 Å². The van der Waals surface area contributed by atoms with Gasteiger partial charge >= 0.3 is 0 Å². The first-order valence-electron chi connectivity index (χ1n) is 27.2. The molecule has 0 aromatic carbocycles. The van der Waals surface area contributed by atoms with Crippen molar-refractivity contribution in [3.63, 3.8) is 0 Å². The minimum Gasteiger partial charge on any atom is -0.396 e. The molecule has 0 unspecified atom stereocenters. The van der Waals surface area contributed by atoms with Crippen LogP contribution < -0.4 is 5.32 Å². The van der Waals surface area contributed by atoms with E-state index in [1.807, 2.05) is 0 Å². The van der Waals surface area contributed by atoms with Gasteiger partial charge in [-0.3, -0.25) is 5.32 Å². The second kappa shape index (κ2) is 21.1. The van der Waals surface area contributed by atoms with Crippen molar-refractivity contribution < 1.29 is 99.2 Å². The van der Waals surface area contributed by atoms with Crippen LogP contribution in [-0.4, -0.2) is 223 Å². The lowest BCUT2D eigenvalue weighted by Crippen LogP contribution is -2.68. The van der Waals surface area contributed by atoms with Gasteiger partial charge in [0, 0.05) is 25.0 Å². The zero-order valence-electron chi connectivity index (χ0n) is 42.1. The maximum Gasteiger partial charge on any atom is 0.187 e. The lowest BCUT2D eigenvalue weighted by atomic mass is 9.44. The van der Waals surface area contributed by atoms with Crippen LogP contribution in [-0.2, 0) is 37.9 Å². The summed E-state index contributed by atoms with van der Waals surface area (Å²) in [6.07, 6.45) is -19.4. The minimum absolute atomic E-state index is 0.113.